The van der Waals surface area contributed by atoms with Gasteiger partial charge in [-0.2, -0.15) is 0 Å². The van der Waals surface area contributed by atoms with Crippen LogP contribution in [0.1, 0.15) is 30.4 Å². The largest absolute Gasteiger partial charge is 0.361 e. The van der Waals surface area contributed by atoms with E-state index in [1.807, 2.05) is 32.0 Å². The van der Waals surface area contributed by atoms with Crippen molar-refractivity contribution in [2.24, 2.45) is 0 Å². The number of para-hydroxylation sites is 1. The smallest absolute Gasteiger partial charge is 0.315 e. The van der Waals surface area contributed by atoms with E-state index in [1.165, 1.54) is 0 Å². The van der Waals surface area contributed by atoms with E-state index in [0.29, 0.717) is 12.2 Å². The Labute approximate surface area is 147 Å². The molecule has 2 aromatic rings. The predicted octanol–water partition coefficient (Wildman–Crippen LogP) is 2.55. The molecule has 7 nitrogen and oxygen atoms in total. The van der Waals surface area contributed by atoms with Gasteiger partial charge in [0, 0.05) is 17.8 Å². The number of hydrogen-bond donors (Lipinski definition) is 3. The van der Waals surface area contributed by atoms with Crippen LogP contribution in [0, 0.1) is 13.8 Å². The molecule has 0 bridgehead atoms. The minimum Gasteiger partial charge on any atom is -0.361 e. The number of benzene rings is 1. The number of anilines is 1. The molecule has 0 unspecified atom stereocenters. The van der Waals surface area contributed by atoms with Crippen molar-refractivity contribution in [3.8, 4) is 0 Å². The maximum absolute atomic E-state index is 12.0. The fourth-order valence-corrected chi connectivity index (χ4v) is 2.41. The Hall–Kier alpha value is -2.83. The van der Waals surface area contributed by atoms with E-state index in [2.05, 4.69) is 21.1 Å². The quantitative estimate of drug-likeness (QED) is 0.673. The molecule has 0 saturated carbocycles. The molecule has 3 amide bonds. The van der Waals surface area contributed by atoms with Crippen LogP contribution >= 0.6 is 0 Å². The maximum Gasteiger partial charge on any atom is 0.315 e. The molecule has 0 aliphatic carbocycles. The maximum atomic E-state index is 12.0. The topological polar surface area (TPSA) is 96.3 Å². The Bertz CT molecular complexity index is 693. The van der Waals surface area contributed by atoms with Gasteiger partial charge in [-0.1, -0.05) is 23.4 Å². The Morgan fingerprint density at radius 1 is 1.20 bits per heavy atom. The lowest BCUT2D eigenvalue weighted by atomic mass is 10.1. The Morgan fingerprint density at radius 3 is 2.56 bits per heavy atom. The number of hydrogen-bond acceptors (Lipinski definition) is 4. The van der Waals surface area contributed by atoms with Crippen molar-refractivity contribution in [3.63, 3.8) is 0 Å². The Balaban J connectivity index is 1.68. The average molecular weight is 344 g/mol. The molecule has 0 spiro atoms. The van der Waals surface area contributed by atoms with Gasteiger partial charge in [-0.3, -0.25) is 4.79 Å². The number of rotatable bonds is 7. The van der Waals surface area contributed by atoms with Gasteiger partial charge in [0.15, 0.2) is 0 Å². The van der Waals surface area contributed by atoms with Crippen molar-refractivity contribution in [1.82, 2.24) is 15.8 Å². The Kier molecular flexibility index (Phi) is 6.56. The van der Waals surface area contributed by atoms with Gasteiger partial charge in [-0.15, -0.1) is 0 Å². The van der Waals surface area contributed by atoms with Crippen LogP contribution in [-0.2, 0) is 11.2 Å². The number of carbonyl (C=O) groups excluding carboxylic acids is 2. The number of nitrogens with one attached hydrogen (secondary N) is 3. The number of amides is 3. The summed E-state index contributed by atoms with van der Waals surface area (Å²) in [7, 11) is 0. The SMILES string of the molecule is Cc1noc(C)c1CCCNC(=O)N[C@H](C)C(=O)Nc1ccccc1. The fourth-order valence-electron chi connectivity index (χ4n) is 2.41. The van der Waals surface area contributed by atoms with Crippen LogP contribution in [0.4, 0.5) is 10.5 Å². The summed E-state index contributed by atoms with van der Waals surface area (Å²) >= 11 is 0. The van der Waals surface area contributed by atoms with E-state index in [-0.39, 0.29) is 11.9 Å². The summed E-state index contributed by atoms with van der Waals surface area (Å²) in [4.78, 5) is 23.9. The molecule has 1 heterocycles. The van der Waals surface area contributed by atoms with Crippen LogP contribution in [0.3, 0.4) is 0 Å². The van der Waals surface area contributed by atoms with Gasteiger partial charge < -0.3 is 20.5 Å². The minimum atomic E-state index is -0.636. The van der Waals surface area contributed by atoms with Crippen LogP contribution in [0.15, 0.2) is 34.9 Å². The highest BCUT2D eigenvalue weighted by molar-refractivity contribution is 5.96. The van der Waals surface area contributed by atoms with E-state index in [4.69, 9.17) is 4.52 Å². The second-order valence-electron chi connectivity index (χ2n) is 5.88. The van der Waals surface area contributed by atoms with Crippen molar-refractivity contribution in [1.29, 1.82) is 0 Å². The highest BCUT2D eigenvalue weighted by Crippen LogP contribution is 2.13. The molecule has 7 heteroatoms. The van der Waals surface area contributed by atoms with Crippen LogP contribution in [-0.4, -0.2) is 29.7 Å². The lowest BCUT2D eigenvalue weighted by molar-refractivity contribution is -0.117. The first-order chi connectivity index (χ1) is 12.0. The molecule has 25 heavy (non-hydrogen) atoms. The van der Waals surface area contributed by atoms with Gasteiger partial charge in [0.1, 0.15) is 11.8 Å². The number of aromatic nitrogens is 1. The molecule has 0 aliphatic heterocycles. The van der Waals surface area contributed by atoms with Gasteiger partial charge >= 0.3 is 6.03 Å². The summed E-state index contributed by atoms with van der Waals surface area (Å²) in [5.41, 5.74) is 2.66. The molecule has 1 aromatic carbocycles. The van der Waals surface area contributed by atoms with Crippen molar-refractivity contribution in [2.45, 2.75) is 39.7 Å². The normalized spacial score (nSPS) is 11.6. The third-order valence-corrected chi connectivity index (χ3v) is 3.85. The average Bonchev–Trinajstić information content (AvgIpc) is 2.91. The van der Waals surface area contributed by atoms with E-state index in [1.54, 1.807) is 19.1 Å². The molecule has 1 atom stereocenters. The summed E-state index contributed by atoms with van der Waals surface area (Å²) < 4.78 is 5.11. The third-order valence-electron chi connectivity index (χ3n) is 3.85. The number of urea groups is 1. The molecule has 2 rings (SSSR count). The summed E-state index contributed by atoms with van der Waals surface area (Å²) in [6.45, 7) is 5.92. The lowest BCUT2D eigenvalue weighted by Crippen LogP contribution is -2.46. The van der Waals surface area contributed by atoms with Crippen molar-refractivity contribution >= 4 is 17.6 Å². The van der Waals surface area contributed by atoms with Crippen LogP contribution in [0.2, 0.25) is 0 Å². The van der Waals surface area contributed by atoms with Gasteiger partial charge in [0.25, 0.3) is 0 Å². The first-order valence-corrected chi connectivity index (χ1v) is 8.29. The fraction of sp³-hybridized carbons (Fsp3) is 0.389. The zero-order valence-electron chi connectivity index (χ0n) is 14.8. The standard InChI is InChI=1S/C18H24N4O3/c1-12-16(14(3)25-22-12)10-7-11-19-18(24)20-13(2)17(23)21-15-8-5-4-6-9-15/h4-6,8-9,13H,7,10-11H2,1-3H3,(H,21,23)(H2,19,20,24)/t13-/m1/s1. The molecule has 0 radical (unpaired) electrons. The van der Waals surface area contributed by atoms with Crippen LogP contribution in [0.25, 0.3) is 0 Å². The molecule has 0 aliphatic rings. The van der Waals surface area contributed by atoms with Gasteiger partial charge in [0.2, 0.25) is 5.91 Å². The predicted molar refractivity (Wildman–Crippen MR) is 95.4 cm³/mol. The van der Waals surface area contributed by atoms with E-state index in [0.717, 1.165) is 29.9 Å². The first-order valence-electron chi connectivity index (χ1n) is 8.29. The first kappa shape index (κ1) is 18.5. The van der Waals surface area contributed by atoms with E-state index < -0.39 is 6.04 Å². The summed E-state index contributed by atoms with van der Waals surface area (Å²) in [5, 5.41) is 12.0. The molecular weight excluding hydrogens is 320 g/mol. The summed E-state index contributed by atoms with van der Waals surface area (Å²) in [6.07, 6.45) is 1.55. The molecule has 1 aromatic heterocycles. The van der Waals surface area contributed by atoms with Gasteiger partial charge in [-0.05, 0) is 45.7 Å². The van der Waals surface area contributed by atoms with Crippen LogP contribution in [0.5, 0.6) is 0 Å². The number of carbonyl (C=O) groups is 2. The van der Waals surface area contributed by atoms with Crippen molar-refractivity contribution in [3.05, 3.63) is 47.3 Å². The second-order valence-corrected chi connectivity index (χ2v) is 5.88. The molecule has 0 saturated heterocycles. The molecular formula is C18H24N4O3. The highest BCUT2D eigenvalue weighted by atomic mass is 16.5. The summed E-state index contributed by atoms with van der Waals surface area (Å²) in [5.74, 6) is 0.547. The summed E-state index contributed by atoms with van der Waals surface area (Å²) in [6, 6.07) is 8.11. The number of nitrogens with zero attached hydrogens (tertiary/aromatic N) is 1. The highest BCUT2D eigenvalue weighted by Gasteiger charge is 2.15. The third kappa shape index (κ3) is 5.63. The second kappa shape index (κ2) is 8.86. The monoisotopic (exact) mass is 344 g/mol. The molecule has 0 fully saturated rings. The van der Waals surface area contributed by atoms with Gasteiger partial charge in [0.05, 0.1) is 5.69 Å². The molecule has 3 N–H and O–H groups in total. The van der Waals surface area contributed by atoms with Crippen LogP contribution < -0.4 is 16.0 Å². The van der Waals surface area contributed by atoms with E-state index in [9.17, 15) is 9.59 Å². The van der Waals surface area contributed by atoms with Crippen molar-refractivity contribution < 1.29 is 14.1 Å². The lowest BCUT2D eigenvalue weighted by Gasteiger charge is -2.14. The number of aryl methyl sites for hydroxylation is 2. The Morgan fingerprint density at radius 2 is 1.92 bits per heavy atom. The zero-order chi connectivity index (χ0) is 18.2. The van der Waals surface area contributed by atoms with Gasteiger partial charge in [-0.25, -0.2) is 4.79 Å². The minimum absolute atomic E-state index is 0.267. The zero-order valence-corrected chi connectivity index (χ0v) is 14.8. The van der Waals surface area contributed by atoms with E-state index >= 15 is 0 Å². The van der Waals surface area contributed by atoms with Crippen molar-refractivity contribution in [2.75, 3.05) is 11.9 Å². The molecule has 134 valence electrons.